The van der Waals surface area contributed by atoms with Gasteiger partial charge >= 0.3 is 12.4 Å². The number of anilines is 1. The van der Waals surface area contributed by atoms with Crippen LogP contribution in [0.4, 0.5) is 32.2 Å². The van der Waals surface area contributed by atoms with Crippen LogP contribution in [0, 0.1) is 0 Å². The molecule has 1 aliphatic rings. The van der Waals surface area contributed by atoms with E-state index >= 15 is 0 Å². The van der Waals surface area contributed by atoms with E-state index < -0.39 is 30.6 Å². The highest BCUT2D eigenvalue weighted by atomic mass is 19.4. The van der Waals surface area contributed by atoms with Gasteiger partial charge in [0.25, 0.3) is 0 Å². The smallest absolute Gasteiger partial charge is 0.354 e. The lowest BCUT2D eigenvalue weighted by molar-refractivity contribution is -0.151. The molecule has 1 saturated heterocycles. The largest absolute Gasteiger partial charge is 0.433 e. The number of aromatic nitrogens is 1. The van der Waals surface area contributed by atoms with Gasteiger partial charge in [0.15, 0.2) is 0 Å². The second kappa shape index (κ2) is 5.94. The molecule has 124 valence electrons. The minimum Gasteiger partial charge on any atom is -0.354 e. The Balaban J connectivity index is 2.07. The van der Waals surface area contributed by atoms with Gasteiger partial charge in [-0.2, -0.15) is 26.3 Å². The molecule has 2 rings (SSSR count). The van der Waals surface area contributed by atoms with E-state index in [2.05, 4.69) is 4.98 Å². The van der Waals surface area contributed by atoms with Crippen molar-refractivity contribution in [3.8, 4) is 0 Å². The van der Waals surface area contributed by atoms with Gasteiger partial charge in [-0.25, -0.2) is 4.98 Å². The molecule has 0 bridgehead atoms. The number of hydrogen-bond donors (Lipinski definition) is 0. The maximum absolute atomic E-state index is 12.6. The van der Waals surface area contributed by atoms with Crippen molar-refractivity contribution in [2.45, 2.75) is 25.3 Å². The minimum atomic E-state index is -4.54. The van der Waals surface area contributed by atoms with Crippen LogP contribution in [0.15, 0.2) is 18.2 Å². The maximum atomic E-state index is 12.6. The first-order valence-electron chi connectivity index (χ1n) is 6.66. The summed E-state index contributed by atoms with van der Waals surface area (Å²) in [6.07, 6.45) is -8.83. The van der Waals surface area contributed by atoms with Crippen LogP contribution in [0.1, 0.15) is 12.6 Å². The fraction of sp³-hybridized carbons (Fsp3) is 0.615. The number of hydrogen-bond acceptors (Lipinski definition) is 3. The molecule has 1 aromatic rings. The molecule has 1 aromatic heterocycles. The Labute approximate surface area is 123 Å². The third-order valence-electron chi connectivity index (χ3n) is 3.50. The minimum absolute atomic E-state index is 0.124. The highest BCUT2D eigenvalue weighted by Crippen LogP contribution is 2.29. The van der Waals surface area contributed by atoms with E-state index in [1.807, 2.05) is 0 Å². The van der Waals surface area contributed by atoms with Crippen molar-refractivity contribution in [1.82, 2.24) is 9.88 Å². The SMILES string of the molecule is CC1CN(c2cccc(C(F)(F)F)n2)CCN1CC(F)(F)F. The second-order valence-electron chi connectivity index (χ2n) is 5.26. The molecule has 9 heteroatoms. The summed E-state index contributed by atoms with van der Waals surface area (Å²) in [7, 11) is 0. The Morgan fingerprint density at radius 3 is 2.36 bits per heavy atom. The molecular weight excluding hydrogens is 312 g/mol. The Morgan fingerprint density at radius 1 is 1.14 bits per heavy atom. The molecule has 22 heavy (non-hydrogen) atoms. The summed E-state index contributed by atoms with van der Waals surface area (Å²) >= 11 is 0. The van der Waals surface area contributed by atoms with Crippen LogP contribution in [-0.4, -0.2) is 48.3 Å². The second-order valence-corrected chi connectivity index (χ2v) is 5.26. The van der Waals surface area contributed by atoms with Crippen molar-refractivity contribution in [2.75, 3.05) is 31.1 Å². The normalized spacial score (nSPS) is 21.2. The van der Waals surface area contributed by atoms with Gasteiger partial charge in [0.2, 0.25) is 0 Å². The average Bonchev–Trinajstić information content (AvgIpc) is 2.39. The van der Waals surface area contributed by atoms with Crippen molar-refractivity contribution in [2.24, 2.45) is 0 Å². The first-order valence-corrected chi connectivity index (χ1v) is 6.66. The number of halogens is 6. The number of alkyl halides is 6. The van der Waals surface area contributed by atoms with E-state index in [0.29, 0.717) is 0 Å². The van der Waals surface area contributed by atoms with Crippen LogP contribution in [0.3, 0.4) is 0 Å². The molecule has 0 radical (unpaired) electrons. The molecule has 3 nitrogen and oxygen atoms in total. The van der Waals surface area contributed by atoms with Gasteiger partial charge in [0, 0.05) is 25.7 Å². The molecule has 1 aliphatic heterocycles. The van der Waals surface area contributed by atoms with Crippen LogP contribution < -0.4 is 4.90 Å². The van der Waals surface area contributed by atoms with Gasteiger partial charge in [0.1, 0.15) is 11.5 Å². The fourth-order valence-corrected chi connectivity index (χ4v) is 2.43. The molecule has 0 amide bonds. The van der Waals surface area contributed by atoms with E-state index in [0.717, 1.165) is 6.07 Å². The predicted molar refractivity (Wildman–Crippen MR) is 68.5 cm³/mol. The molecule has 2 heterocycles. The van der Waals surface area contributed by atoms with E-state index in [-0.39, 0.29) is 25.5 Å². The van der Waals surface area contributed by atoms with Crippen LogP contribution in [0.5, 0.6) is 0 Å². The van der Waals surface area contributed by atoms with Gasteiger partial charge in [-0.15, -0.1) is 0 Å². The van der Waals surface area contributed by atoms with E-state index in [1.54, 1.807) is 11.8 Å². The van der Waals surface area contributed by atoms with Crippen LogP contribution in [0.25, 0.3) is 0 Å². The first-order chi connectivity index (χ1) is 10.1. The van der Waals surface area contributed by atoms with E-state index in [4.69, 9.17) is 0 Å². The van der Waals surface area contributed by atoms with Crippen molar-refractivity contribution < 1.29 is 26.3 Å². The molecule has 0 N–H and O–H groups in total. The van der Waals surface area contributed by atoms with E-state index in [9.17, 15) is 26.3 Å². The summed E-state index contributed by atoms with van der Waals surface area (Å²) in [5.41, 5.74) is -1.00. The highest BCUT2D eigenvalue weighted by Gasteiger charge is 2.36. The molecule has 1 unspecified atom stereocenters. The van der Waals surface area contributed by atoms with Gasteiger partial charge in [0.05, 0.1) is 6.54 Å². The molecule has 0 aliphatic carbocycles. The van der Waals surface area contributed by atoms with Crippen LogP contribution >= 0.6 is 0 Å². The number of piperazine rings is 1. The summed E-state index contributed by atoms with van der Waals surface area (Å²) in [4.78, 5) is 6.41. The Morgan fingerprint density at radius 2 is 1.82 bits per heavy atom. The Bertz CT molecular complexity index is 513. The third-order valence-corrected chi connectivity index (χ3v) is 3.50. The predicted octanol–water partition coefficient (Wildman–Crippen LogP) is 3.17. The molecule has 1 atom stereocenters. The summed E-state index contributed by atoms with van der Waals surface area (Å²) in [5.74, 6) is 0.133. The number of nitrogens with zero attached hydrogens (tertiary/aromatic N) is 3. The summed E-state index contributed by atoms with van der Waals surface area (Å²) in [6.45, 7) is 1.13. The zero-order valence-electron chi connectivity index (χ0n) is 11.7. The average molecular weight is 327 g/mol. The zero-order chi connectivity index (χ0) is 16.5. The topological polar surface area (TPSA) is 19.4 Å². The van der Waals surface area contributed by atoms with Gasteiger partial charge in [-0.1, -0.05) is 6.07 Å². The monoisotopic (exact) mass is 327 g/mol. The summed E-state index contributed by atoms with van der Waals surface area (Å²) in [6, 6.07) is 3.12. The quantitative estimate of drug-likeness (QED) is 0.778. The molecule has 1 fully saturated rings. The van der Waals surface area contributed by atoms with Gasteiger partial charge in [-0.3, -0.25) is 4.90 Å². The van der Waals surface area contributed by atoms with Crippen LogP contribution in [0.2, 0.25) is 0 Å². The van der Waals surface area contributed by atoms with Crippen LogP contribution in [-0.2, 0) is 6.18 Å². The van der Waals surface area contributed by atoms with Gasteiger partial charge < -0.3 is 4.90 Å². The molecule has 0 aromatic carbocycles. The highest BCUT2D eigenvalue weighted by molar-refractivity contribution is 5.40. The lowest BCUT2D eigenvalue weighted by atomic mass is 10.2. The Hall–Kier alpha value is -1.51. The van der Waals surface area contributed by atoms with Crippen molar-refractivity contribution in [3.05, 3.63) is 23.9 Å². The maximum Gasteiger partial charge on any atom is 0.433 e. The molecule has 0 spiro atoms. The van der Waals surface area contributed by atoms with E-state index in [1.165, 1.54) is 17.0 Å². The van der Waals surface area contributed by atoms with Crippen molar-refractivity contribution in [1.29, 1.82) is 0 Å². The first kappa shape index (κ1) is 16.9. The zero-order valence-corrected chi connectivity index (χ0v) is 11.7. The lowest BCUT2D eigenvalue weighted by Crippen LogP contribution is -2.54. The number of rotatable bonds is 2. The summed E-state index contributed by atoms with van der Waals surface area (Å²) < 4.78 is 75.2. The van der Waals surface area contributed by atoms with Crippen molar-refractivity contribution >= 4 is 5.82 Å². The fourth-order valence-electron chi connectivity index (χ4n) is 2.43. The standard InChI is InChI=1S/C13H15F6N3/c1-9-7-21(5-6-22(9)8-12(14,15)16)11-4-2-3-10(20-11)13(17,18)19/h2-4,9H,5-8H2,1H3. The molecule has 0 saturated carbocycles. The summed E-state index contributed by atoms with van der Waals surface area (Å²) in [5, 5.41) is 0. The Kier molecular flexibility index (Phi) is 4.55. The lowest BCUT2D eigenvalue weighted by Gasteiger charge is -2.40. The third kappa shape index (κ3) is 4.25. The number of pyridine rings is 1. The van der Waals surface area contributed by atoms with Gasteiger partial charge in [-0.05, 0) is 19.1 Å². The molecular formula is C13H15F6N3. The van der Waals surface area contributed by atoms with Crippen molar-refractivity contribution in [3.63, 3.8) is 0 Å².